The van der Waals surface area contributed by atoms with Gasteiger partial charge in [0.25, 0.3) is 5.91 Å². The number of hydrogen-bond acceptors (Lipinski definition) is 5. The molecule has 0 radical (unpaired) electrons. The van der Waals surface area contributed by atoms with Crippen molar-refractivity contribution in [2.24, 2.45) is 0 Å². The van der Waals surface area contributed by atoms with E-state index in [-0.39, 0.29) is 11.3 Å². The number of rotatable bonds is 3. The van der Waals surface area contributed by atoms with Crippen LogP contribution in [0.3, 0.4) is 0 Å². The maximum Gasteiger partial charge on any atom is 0.262 e. The van der Waals surface area contributed by atoms with Gasteiger partial charge in [-0.1, -0.05) is 0 Å². The molecule has 0 aliphatic carbocycles. The number of imidazole rings is 1. The lowest BCUT2D eigenvalue weighted by molar-refractivity contribution is -0.111. The molecule has 0 spiro atoms. The van der Waals surface area contributed by atoms with Crippen LogP contribution in [0.1, 0.15) is 12.2 Å². The second-order valence-electron chi connectivity index (χ2n) is 5.71. The average Bonchev–Trinajstić information content (AvgIpc) is 3.00. The minimum Gasteiger partial charge on any atom is -0.511 e. The molecule has 0 atom stereocenters. The molecule has 126 valence electrons. The van der Waals surface area contributed by atoms with E-state index in [1.807, 2.05) is 10.6 Å². The van der Waals surface area contributed by atoms with Gasteiger partial charge in [-0.2, -0.15) is 0 Å². The standard InChI is InChI=1S/C18H16N4O3/c1-25-12-4-2-11(3-5-12)20-18(24)16-15(23)7-9-22-14-6-8-19-10-13(14)21-17(16)22/h2-6,8,10,23H,7,9H2,1H3,(H,20,24). The molecule has 3 heterocycles. The Morgan fingerprint density at radius 2 is 2.08 bits per heavy atom. The summed E-state index contributed by atoms with van der Waals surface area (Å²) in [6.45, 7) is 0.570. The number of methoxy groups -OCH3 is 1. The van der Waals surface area contributed by atoms with Gasteiger partial charge in [0, 0.05) is 24.8 Å². The number of pyridine rings is 1. The number of carbonyl (C=O) groups excluding carboxylic acids is 1. The van der Waals surface area contributed by atoms with E-state index in [1.54, 1.807) is 43.8 Å². The Kier molecular flexibility index (Phi) is 3.61. The summed E-state index contributed by atoms with van der Waals surface area (Å²) in [5.74, 6) is 0.804. The normalized spacial score (nSPS) is 13.6. The maximum absolute atomic E-state index is 12.7. The van der Waals surface area contributed by atoms with Crippen LogP contribution < -0.4 is 10.1 Å². The molecule has 1 aliphatic rings. The Balaban J connectivity index is 1.70. The first-order chi connectivity index (χ1) is 12.2. The van der Waals surface area contributed by atoms with Gasteiger partial charge in [-0.15, -0.1) is 0 Å². The third-order valence-corrected chi connectivity index (χ3v) is 4.21. The van der Waals surface area contributed by atoms with Gasteiger partial charge in [-0.25, -0.2) is 4.98 Å². The Morgan fingerprint density at radius 3 is 2.84 bits per heavy atom. The number of amides is 1. The number of nitrogens with zero attached hydrogens (tertiary/aromatic N) is 3. The summed E-state index contributed by atoms with van der Waals surface area (Å²) in [5.41, 5.74) is 2.40. The van der Waals surface area contributed by atoms with Crippen LogP contribution in [0.5, 0.6) is 5.75 Å². The highest BCUT2D eigenvalue weighted by atomic mass is 16.5. The van der Waals surface area contributed by atoms with E-state index in [1.165, 1.54) is 0 Å². The van der Waals surface area contributed by atoms with Crippen molar-refractivity contribution in [3.05, 3.63) is 54.3 Å². The maximum atomic E-state index is 12.7. The molecule has 2 N–H and O–H groups in total. The van der Waals surface area contributed by atoms with Crippen LogP contribution in [0.4, 0.5) is 5.69 Å². The number of aromatic nitrogens is 3. The Hall–Kier alpha value is -3.35. The molecule has 0 fully saturated rings. The Bertz CT molecular complexity index is 989. The SMILES string of the molecule is COc1ccc(NC(=O)C2=C(O)CCn3c2nc2cnccc23)cc1. The summed E-state index contributed by atoms with van der Waals surface area (Å²) in [4.78, 5) is 21.3. The van der Waals surface area contributed by atoms with Crippen LogP contribution in [0.25, 0.3) is 16.6 Å². The molecule has 2 aromatic heterocycles. The summed E-state index contributed by atoms with van der Waals surface area (Å²) in [5, 5.41) is 13.1. The lowest BCUT2D eigenvalue weighted by atomic mass is 10.1. The molecule has 25 heavy (non-hydrogen) atoms. The number of ether oxygens (including phenoxy) is 1. The highest BCUT2D eigenvalue weighted by Crippen LogP contribution is 2.30. The molecule has 1 aromatic carbocycles. The van der Waals surface area contributed by atoms with Crippen LogP contribution in [0.2, 0.25) is 0 Å². The first-order valence-corrected chi connectivity index (χ1v) is 7.85. The summed E-state index contributed by atoms with van der Waals surface area (Å²) < 4.78 is 7.04. The van der Waals surface area contributed by atoms with Gasteiger partial charge in [0.1, 0.15) is 28.4 Å². The van der Waals surface area contributed by atoms with Gasteiger partial charge in [0.2, 0.25) is 0 Å². The molecule has 3 aromatic rings. The number of aliphatic hydroxyl groups is 1. The zero-order valence-electron chi connectivity index (χ0n) is 13.6. The van der Waals surface area contributed by atoms with Crippen molar-refractivity contribution in [2.75, 3.05) is 12.4 Å². The number of allylic oxidation sites excluding steroid dienone is 1. The van der Waals surface area contributed by atoms with Gasteiger partial charge in [0.15, 0.2) is 0 Å². The van der Waals surface area contributed by atoms with Crippen molar-refractivity contribution in [3.63, 3.8) is 0 Å². The topological polar surface area (TPSA) is 89.3 Å². The fourth-order valence-corrected chi connectivity index (χ4v) is 2.97. The largest absolute Gasteiger partial charge is 0.511 e. The predicted octanol–water partition coefficient (Wildman–Crippen LogP) is 2.75. The summed E-state index contributed by atoms with van der Waals surface area (Å²) in [6.07, 6.45) is 3.72. The van der Waals surface area contributed by atoms with Gasteiger partial charge in [-0.3, -0.25) is 9.78 Å². The smallest absolute Gasteiger partial charge is 0.262 e. The molecule has 7 nitrogen and oxygen atoms in total. The number of fused-ring (bicyclic) bond motifs is 3. The molecular formula is C18H16N4O3. The van der Waals surface area contributed by atoms with E-state index in [0.717, 1.165) is 5.52 Å². The first-order valence-electron chi connectivity index (χ1n) is 7.85. The fourth-order valence-electron chi connectivity index (χ4n) is 2.97. The van der Waals surface area contributed by atoms with Crippen LogP contribution in [0, 0.1) is 0 Å². The molecule has 7 heteroatoms. The first kappa shape index (κ1) is 15.2. The monoisotopic (exact) mass is 336 g/mol. The van der Waals surface area contributed by atoms with Gasteiger partial charge in [0.05, 0.1) is 18.8 Å². The minimum atomic E-state index is -0.396. The van der Waals surface area contributed by atoms with Gasteiger partial charge < -0.3 is 19.7 Å². The zero-order chi connectivity index (χ0) is 17.4. The van der Waals surface area contributed by atoms with Gasteiger partial charge >= 0.3 is 0 Å². The zero-order valence-corrected chi connectivity index (χ0v) is 13.6. The number of aryl methyl sites for hydroxylation is 1. The van der Waals surface area contributed by atoms with Crippen LogP contribution in [-0.2, 0) is 11.3 Å². The van der Waals surface area contributed by atoms with Crippen molar-refractivity contribution in [2.45, 2.75) is 13.0 Å². The summed E-state index contributed by atoms with van der Waals surface area (Å²) in [6, 6.07) is 8.85. The van der Waals surface area contributed by atoms with Crippen LogP contribution in [0.15, 0.2) is 48.5 Å². The molecule has 4 rings (SSSR count). The summed E-state index contributed by atoms with van der Waals surface area (Å²) in [7, 11) is 1.58. The molecule has 0 bridgehead atoms. The highest BCUT2D eigenvalue weighted by Gasteiger charge is 2.28. The number of hydrogen-bond donors (Lipinski definition) is 2. The minimum absolute atomic E-state index is 0.0433. The molecule has 1 amide bonds. The lowest BCUT2D eigenvalue weighted by Crippen LogP contribution is -2.22. The molecule has 0 saturated heterocycles. The molecule has 0 unspecified atom stereocenters. The predicted molar refractivity (Wildman–Crippen MR) is 93.3 cm³/mol. The third kappa shape index (κ3) is 2.59. The van der Waals surface area contributed by atoms with E-state index in [2.05, 4.69) is 15.3 Å². The number of carbonyl (C=O) groups is 1. The number of nitrogens with one attached hydrogen (secondary N) is 1. The van der Waals surface area contributed by atoms with Crippen molar-refractivity contribution in [1.29, 1.82) is 0 Å². The molecule has 1 aliphatic heterocycles. The second-order valence-corrected chi connectivity index (χ2v) is 5.71. The highest BCUT2D eigenvalue weighted by molar-refractivity contribution is 6.25. The molecule has 0 saturated carbocycles. The Morgan fingerprint density at radius 1 is 1.28 bits per heavy atom. The van der Waals surface area contributed by atoms with Crippen molar-refractivity contribution < 1.29 is 14.6 Å². The van der Waals surface area contributed by atoms with E-state index < -0.39 is 5.91 Å². The quantitative estimate of drug-likeness (QED) is 0.768. The van der Waals surface area contributed by atoms with E-state index in [4.69, 9.17) is 4.74 Å². The number of benzene rings is 1. The van der Waals surface area contributed by atoms with E-state index in [9.17, 15) is 9.90 Å². The van der Waals surface area contributed by atoms with Crippen LogP contribution in [-0.4, -0.2) is 32.7 Å². The lowest BCUT2D eigenvalue weighted by Gasteiger charge is -2.18. The fraction of sp³-hybridized carbons (Fsp3) is 0.167. The van der Waals surface area contributed by atoms with Crippen LogP contribution >= 0.6 is 0 Å². The summed E-state index contributed by atoms with van der Waals surface area (Å²) >= 11 is 0. The average molecular weight is 336 g/mol. The third-order valence-electron chi connectivity index (χ3n) is 4.21. The second kappa shape index (κ2) is 5.94. The van der Waals surface area contributed by atoms with Crippen molar-refractivity contribution in [1.82, 2.24) is 14.5 Å². The van der Waals surface area contributed by atoms with E-state index in [0.29, 0.717) is 35.7 Å². The van der Waals surface area contributed by atoms with Crippen molar-refractivity contribution >= 4 is 28.2 Å². The number of aliphatic hydroxyl groups excluding tert-OH is 1. The molecular weight excluding hydrogens is 320 g/mol. The van der Waals surface area contributed by atoms with Crippen molar-refractivity contribution in [3.8, 4) is 5.75 Å². The van der Waals surface area contributed by atoms with Gasteiger partial charge in [-0.05, 0) is 30.3 Å². The van der Waals surface area contributed by atoms with E-state index >= 15 is 0 Å². The number of anilines is 1. The Labute approximate surface area is 143 Å².